The van der Waals surface area contributed by atoms with Gasteiger partial charge < -0.3 is 9.47 Å². The second kappa shape index (κ2) is 8.61. The minimum absolute atomic E-state index is 0.250. The molecule has 0 N–H and O–H groups in total. The number of fused-ring (bicyclic) bond motifs is 3. The summed E-state index contributed by atoms with van der Waals surface area (Å²) < 4.78 is 12.5. The van der Waals surface area contributed by atoms with E-state index in [-0.39, 0.29) is 11.2 Å². The Morgan fingerprint density at radius 1 is 0.543 bits per heavy atom. The van der Waals surface area contributed by atoms with E-state index >= 15 is 0 Å². The van der Waals surface area contributed by atoms with Gasteiger partial charge in [-0.15, -0.1) is 0 Å². The average molecular weight is 463 g/mol. The zero-order valence-corrected chi connectivity index (χ0v) is 21.6. The van der Waals surface area contributed by atoms with Gasteiger partial charge in [0.05, 0.1) is 0 Å². The molecule has 0 saturated heterocycles. The zero-order valence-electron chi connectivity index (χ0n) is 21.6. The predicted octanol–water partition coefficient (Wildman–Crippen LogP) is 8.95. The number of ether oxygens (including phenoxy) is 2. The summed E-state index contributed by atoms with van der Waals surface area (Å²) in [6, 6.07) is 30.3. The van der Waals surface area contributed by atoms with Crippen LogP contribution in [-0.2, 0) is 6.42 Å². The molecule has 0 spiro atoms. The monoisotopic (exact) mass is 462 g/mol. The van der Waals surface area contributed by atoms with Crippen LogP contribution in [-0.4, -0.2) is 11.2 Å². The molecular formula is C33H34O2. The number of hydrogen-bond donors (Lipinski definition) is 0. The minimum atomic E-state index is -0.255. The molecule has 4 aromatic rings. The maximum absolute atomic E-state index is 6.24. The SMILES string of the molecule is CC(C)(C)Oc1cccc(-c2ccc3c(c2-c2cccc(OC(C)(C)C)c2)Cc2ccccc2-3)c1. The molecule has 1 aliphatic carbocycles. The van der Waals surface area contributed by atoms with Crippen LogP contribution in [0.2, 0.25) is 0 Å². The van der Waals surface area contributed by atoms with Gasteiger partial charge in [0, 0.05) is 0 Å². The van der Waals surface area contributed by atoms with Gasteiger partial charge in [0.1, 0.15) is 22.7 Å². The van der Waals surface area contributed by atoms with E-state index in [0.717, 1.165) is 23.5 Å². The molecule has 0 aliphatic heterocycles. The van der Waals surface area contributed by atoms with Crippen LogP contribution < -0.4 is 9.47 Å². The predicted molar refractivity (Wildman–Crippen MR) is 146 cm³/mol. The van der Waals surface area contributed by atoms with Gasteiger partial charge in [-0.3, -0.25) is 0 Å². The lowest BCUT2D eigenvalue weighted by molar-refractivity contribution is 0.130. The topological polar surface area (TPSA) is 18.5 Å². The lowest BCUT2D eigenvalue weighted by Crippen LogP contribution is -2.22. The third kappa shape index (κ3) is 4.98. The van der Waals surface area contributed by atoms with Crippen molar-refractivity contribution in [1.82, 2.24) is 0 Å². The lowest BCUT2D eigenvalue weighted by Gasteiger charge is -2.23. The molecule has 0 heterocycles. The van der Waals surface area contributed by atoms with Crippen LogP contribution in [0.3, 0.4) is 0 Å². The van der Waals surface area contributed by atoms with Crippen LogP contribution in [0, 0.1) is 0 Å². The minimum Gasteiger partial charge on any atom is -0.488 e. The summed E-state index contributed by atoms with van der Waals surface area (Å²) in [5.74, 6) is 1.77. The summed E-state index contributed by atoms with van der Waals surface area (Å²) in [7, 11) is 0. The second-order valence-corrected chi connectivity index (χ2v) is 11.3. The Labute approximate surface area is 209 Å². The van der Waals surface area contributed by atoms with Crippen LogP contribution in [0.5, 0.6) is 11.5 Å². The highest BCUT2D eigenvalue weighted by molar-refractivity contribution is 5.94. The van der Waals surface area contributed by atoms with E-state index in [1.807, 2.05) is 12.1 Å². The highest BCUT2D eigenvalue weighted by Crippen LogP contribution is 2.46. The Hall–Kier alpha value is -3.52. The maximum atomic E-state index is 6.24. The quantitative estimate of drug-likeness (QED) is 0.265. The van der Waals surface area contributed by atoms with E-state index in [9.17, 15) is 0 Å². The molecule has 2 heteroatoms. The average Bonchev–Trinajstić information content (AvgIpc) is 3.15. The van der Waals surface area contributed by atoms with Crippen LogP contribution in [0.25, 0.3) is 33.4 Å². The molecule has 0 bridgehead atoms. The lowest BCUT2D eigenvalue weighted by atomic mass is 9.87. The summed E-state index contributed by atoms with van der Waals surface area (Å²) in [4.78, 5) is 0. The van der Waals surface area contributed by atoms with E-state index in [1.54, 1.807) is 0 Å². The first-order valence-electron chi connectivity index (χ1n) is 12.4. The molecule has 0 atom stereocenters. The molecule has 2 nitrogen and oxygen atoms in total. The zero-order chi connectivity index (χ0) is 24.8. The smallest absolute Gasteiger partial charge is 0.120 e. The Morgan fingerprint density at radius 3 is 1.77 bits per heavy atom. The van der Waals surface area contributed by atoms with E-state index in [2.05, 4.69) is 114 Å². The Balaban J connectivity index is 1.70. The molecule has 4 aromatic carbocycles. The first kappa shape index (κ1) is 23.2. The second-order valence-electron chi connectivity index (χ2n) is 11.3. The van der Waals surface area contributed by atoms with Gasteiger partial charge >= 0.3 is 0 Å². The standard InChI is InChI=1S/C33H34O2/c1-32(2,3)34-25-14-9-12-22(19-25)28-17-18-29-27-16-8-7-11-23(27)21-30(29)31(28)24-13-10-15-26(20-24)35-33(4,5)6/h7-20H,21H2,1-6H3. The molecule has 0 saturated carbocycles. The van der Waals surface area contributed by atoms with E-state index < -0.39 is 0 Å². The molecule has 5 rings (SSSR count). The van der Waals surface area contributed by atoms with Gasteiger partial charge in [-0.25, -0.2) is 0 Å². The van der Waals surface area contributed by atoms with Crippen LogP contribution in [0.4, 0.5) is 0 Å². The van der Waals surface area contributed by atoms with Crippen molar-refractivity contribution in [3.8, 4) is 44.9 Å². The Kier molecular flexibility index (Phi) is 5.71. The molecule has 0 radical (unpaired) electrons. The largest absolute Gasteiger partial charge is 0.488 e. The summed E-state index contributed by atoms with van der Waals surface area (Å²) in [6.07, 6.45) is 0.928. The van der Waals surface area contributed by atoms with Gasteiger partial charge in [-0.05, 0) is 117 Å². The van der Waals surface area contributed by atoms with E-state index in [4.69, 9.17) is 9.47 Å². The molecule has 0 aromatic heterocycles. The molecule has 0 unspecified atom stereocenters. The normalized spacial score (nSPS) is 12.7. The van der Waals surface area contributed by atoms with Crippen LogP contribution in [0.1, 0.15) is 52.7 Å². The number of hydrogen-bond acceptors (Lipinski definition) is 2. The van der Waals surface area contributed by atoms with Gasteiger partial charge in [0.2, 0.25) is 0 Å². The van der Waals surface area contributed by atoms with Gasteiger partial charge in [-0.1, -0.05) is 60.7 Å². The third-order valence-corrected chi connectivity index (χ3v) is 6.10. The van der Waals surface area contributed by atoms with Crippen molar-refractivity contribution < 1.29 is 9.47 Å². The molecule has 35 heavy (non-hydrogen) atoms. The van der Waals surface area contributed by atoms with E-state index in [0.29, 0.717) is 0 Å². The van der Waals surface area contributed by atoms with Crippen molar-refractivity contribution in [2.24, 2.45) is 0 Å². The number of rotatable bonds is 4. The Morgan fingerprint density at radius 2 is 1.11 bits per heavy atom. The van der Waals surface area contributed by atoms with Crippen molar-refractivity contribution in [1.29, 1.82) is 0 Å². The molecule has 0 amide bonds. The molecule has 178 valence electrons. The van der Waals surface area contributed by atoms with Gasteiger partial charge in [0.25, 0.3) is 0 Å². The highest BCUT2D eigenvalue weighted by Gasteiger charge is 2.25. The van der Waals surface area contributed by atoms with Gasteiger partial charge in [0.15, 0.2) is 0 Å². The van der Waals surface area contributed by atoms with Crippen molar-refractivity contribution in [2.75, 3.05) is 0 Å². The van der Waals surface area contributed by atoms with E-state index in [1.165, 1.54) is 38.9 Å². The summed E-state index contributed by atoms with van der Waals surface area (Å²) in [5.41, 5.74) is 9.72. The van der Waals surface area contributed by atoms with Crippen molar-refractivity contribution >= 4 is 0 Å². The fourth-order valence-electron chi connectivity index (χ4n) is 4.93. The first-order chi connectivity index (χ1) is 16.6. The number of benzene rings is 4. The third-order valence-electron chi connectivity index (χ3n) is 6.10. The van der Waals surface area contributed by atoms with Crippen molar-refractivity contribution in [2.45, 2.75) is 59.2 Å². The fraction of sp³-hybridized carbons (Fsp3) is 0.273. The Bertz CT molecular complexity index is 1380. The molecule has 1 aliphatic rings. The summed E-state index contributed by atoms with van der Waals surface area (Å²) in [6.45, 7) is 12.5. The molecular weight excluding hydrogens is 428 g/mol. The molecule has 0 fully saturated rings. The highest BCUT2D eigenvalue weighted by atomic mass is 16.5. The van der Waals surface area contributed by atoms with Crippen LogP contribution >= 0.6 is 0 Å². The summed E-state index contributed by atoms with van der Waals surface area (Å²) in [5, 5.41) is 0. The van der Waals surface area contributed by atoms with Gasteiger partial charge in [-0.2, -0.15) is 0 Å². The maximum Gasteiger partial charge on any atom is 0.120 e. The fourth-order valence-corrected chi connectivity index (χ4v) is 4.93. The van der Waals surface area contributed by atoms with Crippen LogP contribution in [0.15, 0.2) is 84.9 Å². The summed E-state index contributed by atoms with van der Waals surface area (Å²) >= 11 is 0. The first-order valence-corrected chi connectivity index (χ1v) is 12.4. The van der Waals surface area contributed by atoms with Crippen molar-refractivity contribution in [3.05, 3.63) is 96.1 Å². The van der Waals surface area contributed by atoms with Crippen molar-refractivity contribution in [3.63, 3.8) is 0 Å².